The van der Waals surface area contributed by atoms with Crippen molar-refractivity contribution >= 4 is 47.3 Å². The molecule has 1 aromatic heterocycles. The number of aliphatic carboxylic acids is 1. The zero-order valence-corrected chi connectivity index (χ0v) is 21.2. The summed E-state index contributed by atoms with van der Waals surface area (Å²) in [6.45, 7) is 0. The summed E-state index contributed by atoms with van der Waals surface area (Å²) in [5.74, 6) is -4.63. The van der Waals surface area contributed by atoms with E-state index in [2.05, 4.69) is 25.9 Å². The molecule has 37 heavy (non-hydrogen) atoms. The van der Waals surface area contributed by atoms with Gasteiger partial charge in [-0.25, -0.2) is 9.78 Å². The molecule has 5 amide bonds. The first-order valence-electron chi connectivity index (χ1n) is 11.4. The van der Waals surface area contributed by atoms with Crippen molar-refractivity contribution in [3.05, 3.63) is 18.2 Å². The summed E-state index contributed by atoms with van der Waals surface area (Å²) in [6.07, 6.45) is 4.05. The molecule has 0 aliphatic carbocycles. The molecular weight excluding hydrogens is 508 g/mol. The van der Waals surface area contributed by atoms with Crippen LogP contribution in [0, 0.1) is 0 Å². The van der Waals surface area contributed by atoms with Crippen LogP contribution in [0.4, 0.5) is 0 Å². The standard InChI is InChI=1S/C21H34N8O7S/c1-37-7-6-14(20(34)29-15(21(35)36)3-5-17(24)31)28-19(33)13(2-4-16(23)30)27-18(32)12(22)8-11-9-25-10-26-11/h9-10,12-15H,2-8,22H2,1H3,(H2,23,30)(H2,24,31)(H,25,26)(H,27,32)(H,28,33)(H,29,34)(H,35,36). The van der Waals surface area contributed by atoms with Crippen LogP contribution in [-0.2, 0) is 35.2 Å². The highest BCUT2D eigenvalue weighted by atomic mass is 32.2. The van der Waals surface area contributed by atoms with Crippen LogP contribution in [0.3, 0.4) is 0 Å². The fraction of sp³-hybridized carbons (Fsp3) is 0.571. The van der Waals surface area contributed by atoms with E-state index >= 15 is 0 Å². The SMILES string of the molecule is CSCCC(NC(=O)C(CCC(N)=O)NC(=O)C(N)Cc1cnc[nH]1)C(=O)NC(CCC(N)=O)C(=O)O. The highest BCUT2D eigenvalue weighted by Crippen LogP contribution is 2.07. The summed E-state index contributed by atoms with van der Waals surface area (Å²) in [4.78, 5) is 79.0. The summed E-state index contributed by atoms with van der Waals surface area (Å²) < 4.78 is 0. The van der Waals surface area contributed by atoms with Crippen LogP contribution in [0.5, 0.6) is 0 Å². The van der Waals surface area contributed by atoms with E-state index in [4.69, 9.17) is 17.2 Å². The Morgan fingerprint density at radius 1 is 0.919 bits per heavy atom. The van der Waals surface area contributed by atoms with E-state index in [0.717, 1.165) is 0 Å². The minimum absolute atomic E-state index is 0.108. The zero-order valence-electron chi connectivity index (χ0n) is 20.4. The topological polar surface area (TPSA) is 265 Å². The second-order valence-electron chi connectivity index (χ2n) is 8.20. The molecule has 0 aliphatic rings. The molecule has 11 N–H and O–H groups in total. The Morgan fingerprint density at radius 2 is 1.43 bits per heavy atom. The Hall–Kier alpha value is -3.66. The van der Waals surface area contributed by atoms with Crippen molar-refractivity contribution < 1.29 is 33.9 Å². The first kappa shape index (κ1) is 31.4. The van der Waals surface area contributed by atoms with E-state index in [1.165, 1.54) is 24.3 Å². The van der Waals surface area contributed by atoms with Gasteiger partial charge in [-0.15, -0.1) is 0 Å². The zero-order chi connectivity index (χ0) is 28.0. The van der Waals surface area contributed by atoms with Crippen molar-refractivity contribution in [3.63, 3.8) is 0 Å². The molecule has 0 spiro atoms. The van der Waals surface area contributed by atoms with Crippen LogP contribution in [0.1, 0.15) is 37.8 Å². The number of carbonyl (C=O) groups excluding carboxylic acids is 5. The van der Waals surface area contributed by atoms with Crippen LogP contribution in [-0.4, -0.2) is 86.8 Å². The molecule has 0 aromatic carbocycles. The highest BCUT2D eigenvalue weighted by molar-refractivity contribution is 7.98. The minimum atomic E-state index is -1.40. The second kappa shape index (κ2) is 16.2. The Kier molecular flexibility index (Phi) is 13.7. The van der Waals surface area contributed by atoms with Gasteiger partial charge in [-0.05, 0) is 31.3 Å². The van der Waals surface area contributed by atoms with Crippen molar-refractivity contribution in [2.24, 2.45) is 17.2 Å². The fourth-order valence-electron chi connectivity index (χ4n) is 3.15. The number of thioether (sulfide) groups is 1. The molecule has 0 fully saturated rings. The molecule has 0 saturated carbocycles. The normalized spacial score (nSPS) is 14.0. The van der Waals surface area contributed by atoms with E-state index in [9.17, 15) is 33.9 Å². The van der Waals surface area contributed by atoms with Gasteiger partial charge in [0, 0.05) is 31.2 Å². The number of carbonyl (C=O) groups is 6. The maximum Gasteiger partial charge on any atom is 0.326 e. The smallest absolute Gasteiger partial charge is 0.326 e. The van der Waals surface area contributed by atoms with Crippen LogP contribution in [0.25, 0.3) is 0 Å². The number of hydrogen-bond donors (Lipinski definition) is 8. The maximum atomic E-state index is 13.0. The van der Waals surface area contributed by atoms with Gasteiger partial charge in [0.1, 0.15) is 18.1 Å². The number of carboxylic acids is 1. The van der Waals surface area contributed by atoms with Gasteiger partial charge in [-0.3, -0.25) is 24.0 Å². The van der Waals surface area contributed by atoms with Crippen LogP contribution >= 0.6 is 11.8 Å². The molecule has 0 aliphatic heterocycles. The minimum Gasteiger partial charge on any atom is -0.480 e. The Labute approximate surface area is 217 Å². The third-order valence-electron chi connectivity index (χ3n) is 5.18. The molecule has 1 heterocycles. The third kappa shape index (κ3) is 12.2. The van der Waals surface area contributed by atoms with Crippen molar-refractivity contribution in [1.29, 1.82) is 0 Å². The lowest BCUT2D eigenvalue weighted by Gasteiger charge is -2.25. The van der Waals surface area contributed by atoms with Crippen molar-refractivity contribution in [1.82, 2.24) is 25.9 Å². The molecule has 4 unspecified atom stereocenters. The quantitative estimate of drug-likeness (QED) is 0.0937. The average molecular weight is 543 g/mol. The maximum absolute atomic E-state index is 13.0. The summed E-state index contributed by atoms with van der Waals surface area (Å²) in [5.41, 5.74) is 16.8. The van der Waals surface area contributed by atoms with Gasteiger partial charge in [0.25, 0.3) is 0 Å². The molecule has 15 nitrogen and oxygen atoms in total. The first-order valence-corrected chi connectivity index (χ1v) is 12.8. The number of imidazole rings is 1. The number of hydrogen-bond acceptors (Lipinski definition) is 9. The van der Waals surface area contributed by atoms with E-state index in [0.29, 0.717) is 11.4 Å². The van der Waals surface area contributed by atoms with Gasteiger partial charge >= 0.3 is 5.97 Å². The lowest BCUT2D eigenvalue weighted by Crippen LogP contribution is -2.57. The lowest BCUT2D eigenvalue weighted by molar-refractivity contribution is -0.142. The van der Waals surface area contributed by atoms with Gasteiger partial charge in [0.2, 0.25) is 29.5 Å². The molecule has 0 radical (unpaired) electrons. The number of nitrogens with zero attached hydrogens (tertiary/aromatic N) is 1. The van der Waals surface area contributed by atoms with E-state index < -0.39 is 59.7 Å². The number of amides is 5. The van der Waals surface area contributed by atoms with Gasteiger partial charge in [0.15, 0.2) is 0 Å². The third-order valence-corrected chi connectivity index (χ3v) is 5.83. The van der Waals surface area contributed by atoms with E-state index in [1.807, 2.05) is 0 Å². The summed E-state index contributed by atoms with van der Waals surface area (Å²) >= 11 is 1.39. The van der Waals surface area contributed by atoms with E-state index in [1.54, 1.807) is 6.26 Å². The first-order chi connectivity index (χ1) is 17.4. The molecule has 0 bridgehead atoms. The lowest BCUT2D eigenvalue weighted by atomic mass is 10.1. The van der Waals surface area contributed by atoms with Crippen LogP contribution in [0.2, 0.25) is 0 Å². The summed E-state index contributed by atoms with van der Waals surface area (Å²) in [6, 6.07) is -4.86. The molecule has 206 valence electrons. The number of nitrogens with one attached hydrogen (secondary N) is 4. The number of primary amides is 2. The number of H-pyrrole nitrogens is 1. The highest BCUT2D eigenvalue weighted by Gasteiger charge is 2.30. The van der Waals surface area contributed by atoms with Gasteiger partial charge in [0.05, 0.1) is 12.4 Å². The summed E-state index contributed by atoms with van der Waals surface area (Å²) in [5, 5.41) is 16.6. The largest absolute Gasteiger partial charge is 0.480 e. The molecule has 1 rings (SSSR count). The monoisotopic (exact) mass is 542 g/mol. The number of aromatic amines is 1. The van der Waals surface area contributed by atoms with Gasteiger partial charge < -0.3 is 43.2 Å². The molecule has 4 atom stereocenters. The van der Waals surface area contributed by atoms with Crippen molar-refractivity contribution in [2.75, 3.05) is 12.0 Å². The molecular formula is C21H34N8O7S. The fourth-order valence-corrected chi connectivity index (χ4v) is 3.62. The average Bonchev–Trinajstić information content (AvgIpc) is 3.33. The van der Waals surface area contributed by atoms with Gasteiger partial charge in [-0.2, -0.15) is 11.8 Å². The molecule has 16 heteroatoms. The molecule has 1 aromatic rings. The van der Waals surface area contributed by atoms with Crippen molar-refractivity contribution in [3.8, 4) is 0 Å². The Bertz CT molecular complexity index is 943. The number of carboxylic acid groups (broad SMARTS) is 1. The Balaban J connectivity index is 2.95. The number of nitrogens with two attached hydrogens (primary N) is 3. The van der Waals surface area contributed by atoms with Crippen LogP contribution < -0.4 is 33.2 Å². The summed E-state index contributed by atoms with van der Waals surface area (Å²) in [7, 11) is 0. The predicted molar refractivity (Wildman–Crippen MR) is 134 cm³/mol. The second-order valence-corrected chi connectivity index (χ2v) is 9.19. The number of aromatic nitrogens is 2. The van der Waals surface area contributed by atoms with Gasteiger partial charge in [-0.1, -0.05) is 0 Å². The molecule has 0 saturated heterocycles. The van der Waals surface area contributed by atoms with E-state index in [-0.39, 0.29) is 38.5 Å². The van der Waals surface area contributed by atoms with Crippen molar-refractivity contribution in [2.45, 2.75) is 62.7 Å². The van der Waals surface area contributed by atoms with Crippen LogP contribution in [0.15, 0.2) is 12.5 Å². The predicted octanol–water partition coefficient (Wildman–Crippen LogP) is -2.90. The number of rotatable bonds is 18. The Morgan fingerprint density at radius 3 is 1.92 bits per heavy atom.